The molecule has 27 heavy (non-hydrogen) atoms. The third-order valence-corrected chi connectivity index (χ3v) is 6.51. The standard InChI is InChI=1S/C19H24N4O3S/c24-18(25)13-1-3-14(4-2-13)21-19(26)23-10-8-22(9-11-23)17-15-6-12-27-16(15)5-7-20-17/h5-7,12-14H,1-4,8-11H2,(H,21,26)(H,24,25). The number of thiophene rings is 1. The van der Waals surface area contributed by atoms with Gasteiger partial charge in [0.25, 0.3) is 0 Å². The van der Waals surface area contributed by atoms with E-state index in [2.05, 4.69) is 26.6 Å². The number of piperazine rings is 1. The molecule has 0 atom stereocenters. The van der Waals surface area contributed by atoms with E-state index in [1.807, 2.05) is 17.2 Å². The first kappa shape index (κ1) is 18.0. The van der Waals surface area contributed by atoms with Crippen molar-refractivity contribution in [3.05, 3.63) is 23.7 Å². The Kier molecular flexibility index (Phi) is 5.15. The monoisotopic (exact) mass is 388 g/mol. The van der Waals surface area contributed by atoms with Crippen LogP contribution in [-0.2, 0) is 4.79 Å². The molecule has 2 amide bonds. The molecule has 0 unspecified atom stereocenters. The molecule has 3 heterocycles. The van der Waals surface area contributed by atoms with Gasteiger partial charge in [0, 0.05) is 48.5 Å². The van der Waals surface area contributed by atoms with Crippen molar-refractivity contribution >= 4 is 39.2 Å². The van der Waals surface area contributed by atoms with E-state index >= 15 is 0 Å². The van der Waals surface area contributed by atoms with Gasteiger partial charge in [-0.1, -0.05) is 0 Å². The highest BCUT2D eigenvalue weighted by Gasteiger charge is 2.29. The van der Waals surface area contributed by atoms with Gasteiger partial charge in [-0.2, -0.15) is 0 Å². The van der Waals surface area contributed by atoms with Crippen LogP contribution >= 0.6 is 11.3 Å². The number of nitrogens with one attached hydrogen (secondary N) is 1. The van der Waals surface area contributed by atoms with Gasteiger partial charge >= 0.3 is 12.0 Å². The Morgan fingerprint density at radius 3 is 2.56 bits per heavy atom. The van der Waals surface area contributed by atoms with Crippen molar-refractivity contribution in [3.8, 4) is 0 Å². The van der Waals surface area contributed by atoms with Crippen LogP contribution in [0, 0.1) is 5.92 Å². The van der Waals surface area contributed by atoms with Crippen LogP contribution in [0.5, 0.6) is 0 Å². The van der Waals surface area contributed by atoms with E-state index in [1.54, 1.807) is 11.3 Å². The summed E-state index contributed by atoms with van der Waals surface area (Å²) in [5, 5.41) is 15.4. The van der Waals surface area contributed by atoms with E-state index in [-0.39, 0.29) is 18.0 Å². The summed E-state index contributed by atoms with van der Waals surface area (Å²) < 4.78 is 1.23. The average Bonchev–Trinajstić information content (AvgIpc) is 3.17. The molecule has 144 valence electrons. The number of carboxylic acids is 1. The van der Waals surface area contributed by atoms with E-state index in [9.17, 15) is 9.59 Å². The van der Waals surface area contributed by atoms with Crippen LogP contribution in [0.4, 0.5) is 10.6 Å². The van der Waals surface area contributed by atoms with Gasteiger partial charge < -0.3 is 20.2 Å². The van der Waals surface area contributed by atoms with E-state index in [0.29, 0.717) is 25.9 Å². The zero-order valence-electron chi connectivity index (χ0n) is 15.1. The summed E-state index contributed by atoms with van der Waals surface area (Å²) in [5.74, 6) is 0.0277. The lowest BCUT2D eigenvalue weighted by molar-refractivity contribution is -0.142. The number of carbonyl (C=O) groups is 2. The van der Waals surface area contributed by atoms with Crippen LogP contribution in [0.1, 0.15) is 25.7 Å². The summed E-state index contributed by atoms with van der Waals surface area (Å²) in [6, 6.07) is 4.20. The van der Waals surface area contributed by atoms with E-state index in [1.165, 1.54) is 10.1 Å². The lowest BCUT2D eigenvalue weighted by Gasteiger charge is -2.37. The first-order valence-corrected chi connectivity index (χ1v) is 10.3. The number of carboxylic acid groups (broad SMARTS) is 1. The van der Waals surface area contributed by atoms with E-state index in [4.69, 9.17) is 5.11 Å². The predicted molar refractivity (Wildman–Crippen MR) is 105 cm³/mol. The number of aromatic nitrogens is 1. The van der Waals surface area contributed by atoms with Crippen LogP contribution in [0.25, 0.3) is 10.1 Å². The molecule has 1 aliphatic heterocycles. The number of hydrogen-bond acceptors (Lipinski definition) is 5. The molecule has 0 spiro atoms. The highest BCUT2D eigenvalue weighted by Crippen LogP contribution is 2.29. The second-order valence-corrected chi connectivity index (χ2v) is 8.23. The van der Waals surface area contributed by atoms with Gasteiger partial charge in [-0.05, 0) is 43.2 Å². The van der Waals surface area contributed by atoms with Crippen LogP contribution in [-0.4, -0.2) is 59.2 Å². The lowest BCUT2D eigenvalue weighted by Crippen LogP contribution is -2.54. The zero-order chi connectivity index (χ0) is 18.8. The number of hydrogen-bond donors (Lipinski definition) is 2. The van der Waals surface area contributed by atoms with Crippen LogP contribution in [0.15, 0.2) is 23.7 Å². The van der Waals surface area contributed by atoms with Crippen molar-refractivity contribution in [1.29, 1.82) is 0 Å². The van der Waals surface area contributed by atoms with Crippen LogP contribution < -0.4 is 10.2 Å². The van der Waals surface area contributed by atoms with Gasteiger partial charge in [0.15, 0.2) is 0 Å². The number of anilines is 1. The quantitative estimate of drug-likeness (QED) is 0.844. The first-order chi connectivity index (χ1) is 13.1. The molecule has 1 aliphatic carbocycles. The molecule has 8 heteroatoms. The molecule has 0 radical (unpaired) electrons. The summed E-state index contributed by atoms with van der Waals surface area (Å²) >= 11 is 1.71. The van der Waals surface area contributed by atoms with Crippen LogP contribution in [0.2, 0.25) is 0 Å². The van der Waals surface area contributed by atoms with Gasteiger partial charge in [0.2, 0.25) is 0 Å². The second kappa shape index (κ2) is 7.72. The Labute approximate surface area is 162 Å². The number of pyridine rings is 1. The van der Waals surface area contributed by atoms with Crippen molar-refractivity contribution in [1.82, 2.24) is 15.2 Å². The maximum absolute atomic E-state index is 12.6. The number of amides is 2. The Morgan fingerprint density at radius 2 is 1.85 bits per heavy atom. The Balaban J connectivity index is 1.30. The molecule has 2 aromatic rings. The Hall–Kier alpha value is -2.35. The number of nitrogens with zero attached hydrogens (tertiary/aromatic N) is 3. The second-order valence-electron chi connectivity index (χ2n) is 7.28. The first-order valence-electron chi connectivity index (χ1n) is 9.47. The van der Waals surface area contributed by atoms with Crippen molar-refractivity contribution in [2.75, 3.05) is 31.1 Å². The summed E-state index contributed by atoms with van der Waals surface area (Å²) in [6.07, 6.45) is 4.62. The minimum absolute atomic E-state index is 0.0323. The fraction of sp³-hybridized carbons (Fsp3) is 0.526. The summed E-state index contributed by atoms with van der Waals surface area (Å²) in [7, 11) is 0. The number of rotatable bonds is 3. The molecule has 1 saturated heterocycles. The van der Waals surface area contributed by atoms with Gasteiger partial charge in [0.05, 0.1) is 5.92 Å². The molecule has 1 saturated carbocycles. The molecular formula is C19H24N4O3S. The zero-order valence-corrected chi connectivity index (χ0v) is 16.0. The minimum Gasteiger partial charge on any atom is -0.481 e. The number of aliphatic carboxylic acids is 1. The summed E-state index contributed by atoms with van der Waals surface area (Å²) in [6.45, 7) is 2.86. The number of fused-ring (bicyclic) bond motifs is 1. The Morgan fingerprint density at radius 1 is 1.11 bits per heavy atom. The largest absolute Gasteiger partial charge is 0.481 e. The molecule has 2 aromatic heterocycles. The highest BCUT2D eigenvalue weighted by molar-refractivity contribution is 7.17. The fourth-order valence-corrected chi connectivity index (χ4v) is 4.78. The average molecular weight is 388 g/mol. The maximum atomic E-state index is 12.6. The molecule has 0 bridgehead atoms. The minimum atomic E-state index is -0.717. The number of carbonyl (C=O) groups excluding carboxylic acids is 1. The molecule has 2 fully saturated rings. The topological polar surface area (TPSA) is 85.8 Å². The Bertz CT molecular complexity index is 823. The lowest BCUT2D eigenvalue weighted by atomic mass is 9.86. The molecule has 7 nitrogen and oxygen atoms in total. The summed E-state index contributed by atoms with van der Waals surface area (Å²) in [5.41, 5.74) is 0. The van der Waals surface area contributed by atoms with Gasteiger partial charge in [-0.25, -0.2) is 9.78 Å². The smallest absolute Gasteiger partial charge is 0.317 e. The molecule has 2 N–H and O–H groups in total. The molecular weight excluding hydrogens is 364 g/mol. The predicted octanol–water partition coefficient (Wildman–Crippen LogP) is 2.77. The van der Waals surface area contributed by atoms with Gasteiger partial charge in [0.1, 0.15) is 5.82 Å². The molecule has 4 rings (SSSR count). The van der Waals surface area contributed by atoms with Gasteiger partial charge in [-0.3, -0.25) is 4.79 Å². The van der Waals surface area contributed by atoms with Crippen molar-refractivity contribution in [3.63, 3.8) is 0 Å². The van der Waals surface area contributed by atoms with Crippen molar-refractivity contribution < 1.29 is 14.7 Å². The van der Waals surface area contributed by atoms with Crippen molar-refractivity contribution in [2.24, 2.45) is 5.92 Å². The van der Waals surface area contributed by atoms with Gasteiger partial charge in [-0.15, -0.1) is 11.3 Å². The number of urea groups is 1. The van der Waals surface area contributed by atoms with E-state index in [0.717, 1.165) is 31.7 Å². The fourth-order valence-electron chi connectivity index (χ4n) is 4.00. The third kappa shape index (κ3) is 3.85. The molecule has 0 aromatic carbocycles. The molecule has 2 aliphatic rings. The SMILES string of the molecule is O=C(O)C1CCC(NC(=O)N2CCN(c3nccc4sccc34)CC2)CC1. The van der Waals surface area contributed by atoms with E-state index < -0.39 is 5.97 Å². The maximum Gasteiger partial charge on any atom is 0.317 e. The summed E-state index contributed by atoms with van der Waals surface area (Å²) in [4.78, 5) is 32.3. The van der Waals surface area contributed by atoms with Crippen molar-refractivity contribution in [2.45, 2.75) is 31.7 Å². The highest BCUT2D eigenvalue weighted by atomic mass is 32.1. The van der Waals surface area contributed by atoms with Crippen LogP contribution in [0.3, 0.4) is 0 Å². The normalized spacial score (nSPS) is 23.4. The third-order valence-electron chi connectivity index (χ3n) is 5.63.